The van der Waals surface area contributed by atoms with Gasteiger partial charge < -0.3 is 23.8 Å². The van der Waals surface area contributed by atoms with E-state index in [9.17, 15) is 4.79 Å². The van der Waals surface area contributed by atoms with Gasteiger partial charge in [-0.25, -0.2) is 0 Å². The number of fused-ring (bicyclic) bond motifs is 1. The van der Waals surface area contributed by atoms with Gasteiger partial charge in [-0.3, -0.25) is 4.79 Å². The Kier molecular flexibility index (Phi) is 6.29. The van der Waals surface area contributed by atoms with Gasteiger partial charge in [-0.1, -0.05) is 12.1 Å². The SMILES string of the molecule is CCOc1cc(C(=O)N2CC(C)Oc3ccccc32)cc(OCC)c1OCC. The molecule has 6 heteroatoms. The maximum absolute atomic E-state index is 13.4. The lowest BCUT2D eigenvalue weighted by Crippen LogP contribution is -2.42. The average molecular weight is 385 g/mol. The molecule has 0 spiro atoms. The number of rotatable bonds is 7. The van der Waals surface area contributed by atoms with Crippen molar-refractivity contribution in [3.8, 4) is 23.0 Å². The number of nitrogens with zero attached hydrogens (tertiary/aromatic N) is 1. The van der Waals surface area contributed by atoms with Crippen molar-refractivity contribution >= 4 is 11.6 Å². The van der Waals surface area contributed by atoms with Crippen LogP contribution in [0.3, 0.4) is 0 Å². The van der Waals surface area contributed by atoms with Crippen molar-refractivity contribution in [3.05, 3.63) is 42.0 Å². The summed E-state index contributed by atoms with van der Waals surface area (Å²) in [5.74, 6) is 2.11. The molecule has 0 saturated heterocycles. The third-order valence-electron chi connectivity index (χ3n) is 4.33. The van der Waals surface area contributed by atoms with E-state index in [0.29, 0.717) is 54.9 Å². The number of anilines is 1. The molecule has 1 atom stereocenters. The zero-order chi connectivity index (χ0) is 20.1. The van der Waals surface area contributed by atoms with E-state index in [1.807, 2.05) is 52.0 Å². The molecule has 1 aliphatic rings. The number of carbonyl (C=O) groups excluding carboxylic acids is 1. The molecule has 28 heavy (non-hydrogen) atoms. The van der Waals surface area contributed by atoms with Crippen LogP contribution in [0.15, 0.2) is 36.4 Å². The van der Waals surface area contributed by atoms with Crippen molar-refractivity contribution in [2.24, 2.45) is 0 Å². The standard InChI is InChI=1S/C22H27NO5/c1-5-25-19-12-16(13-20(26-6-2)21(19)27-7-3)22(24)23-14-15(4)28-18-11-9-8-10-17(18)23/h8-13,15H,5-7,14H2,1-4H3. The third kappa shape index (κ3) is 4.01. The lowest BCUT2D eigenvalue weighted by atomic mass is 10.1. The zero-order valence-corrected chi connectivity index (χ0v) is 16.9. The van der Waals surface area contributed by atoms with E-state index in [4.69, 9.17) is 18.9 Å². The zero-order valence-electron chi connectivity index (χ0n) is 16.9. The van der Waals surface area contributed by atoms with E-state index in [0.717, 1.165) is 5.69 Å². The Labute approximate surface area is 166 Å². The van der Waals surface area contributed by atoms with Crippen molar-refractivity contribution < 1.29 is 23.7 Å². The predicted octanol–water partition coefficient (Wildman–Crippen LogP) is 4.31. The van der Waals surface area contributed by atoms with Crippen molar-refractivity contribution in [2.75, 3.05) is 31.3 Å². The minimum Gasteiger partial charge on any atom is -0.490 e. The van der Waals surface area contributed by atoms with E-state index in [1.165, 1.54) is 0 Å². The second-order valence-corrected chi connectivity index (χ2v) is 6.41. The number of carbonyl (C=O) groups is 1. The van der Waals surface area contributed by atoms with Crippen molar-refractivity contribution in [2.45, 2.75) is 33.8 Å². The highest BCUT2D eigenvalue weighted by atomic mass is 16.5. The van der Waals surface area contributed by atoms with E-state index < -0.39 is 0 Å². The highest BCUT2D eigenvalue weighted by Crippen LogP contribution is 2.40. The van der Waals surface area contributed by atoms with Gasteiger partial charge in [0, 0.05) is 5.56 Å². The summed E-state index contributed by atoms with van der Waals surface area (Å²) < 4.78 is 23.1. The Bertz CT molecular complexity index is 808. The minimum atomic E-state index is -0.132. The Morgan fingerprint density at radius 2 is 1.64 bits per heavy atom. The van der Waals surface area contributed by atoms with Gasteiger partial charge >= 0.3 is 0 Å². The summed E-state index contributed by atoms with van der Waals surface area (Å²) in [6.07, 6.45) is -0.0979. The van der Waals surface area contributed by atoms with Crippen LogP contribution < -0.4 is 23.8 Å². The van der Waals surface area contributed by atoms with Crippen LogP contribution in [-0.2, 0) is 0 Å². The van der Waals surface area contributed by atoms with Crippen molar-refractivity contribution in [3.63, 3.8) is 0 Å². The van der Waals surface area contributed by atoms with E-state index in [-0.39, 0.29) is 12.0 Å². The summed E-state index contributed by atoms with van der Waals surface area (Å²) in [6, 6.07) is 11.0. The van der Waals surface area contributed by atoms with Gasteiger partial charge in [0.05, 0.1) is 32.1 Å². The lowest BCUT2D eigenvalue weighted by molar-refractivity contribution is 0.0960. The van der Waals surface area contributed by atoms with Gasteiger partial charge in [0.2, 0.25) is 5.75 Å². The second-order valence-electron chi connectivity index (χ2n) is 6.41. The fourth-order valence-corrected chi connectivity index (χ4v) is 3.25. The monoisotopic (exact) mass is 385 g/mol. The van der Waals surface area contributed by atoms with Crippen LogP contribution in [0.1, 0.15) is 38.1 Å². The summed E-state index contributed by atoms with van der Waals surface area (Å²) in [5.41, 5.74) is 1.25. The molecule has 1 aliphatic heterocycles. The first-order valence-corrected chi connectivity index (χ1v) is 9.72. The first kappa shape index (κ1) is 19.9. The molecule has 0 N–H and O–H groups in total. The van der Waals surface area contributed by atoms with Crippen LogP contribution in [0.5, 0.6) is 23.0 Å². The molecule has 6 nitrogen and oxygen atoms in total. The number of ether oxygens (including phenoxy) is 4. The Morgan fingerprint density at radius 1 is 1.04 bits per heavy atom. The lowest BCUT2D eigenvalue weighted by Gasteiger charge is -2.33. The quantitative estimate of drug-likeness (QED) is 0.711. The topological polar surface area (TPSA) is 57.2 Å². The normalized spacial score (nSPS) is 15.4. The molecule has 150 valence electrons. The molecule has 3 rings (SSSR count). The third-order valence-corrected chi connectivity index (χ3v) is 4.33. The molecule has 1 unspecified atom stereocenters. The highest BCUT2D eigenvalue weighted by Gasteiger charge is 2.29. The molecule has 0 saturated carbocycles. The summed E-state index contributed by atoms with van der Waals surface area (Å²) in [6.45, 7) is 9.50. The number of hydrogen-bond acceptors (Lipinski definition) is 5. The van der Waals surface area contributed by atoms with Crippen LogP contribution in [0.2, 0.25) is 0 Å². The van der Waals surface area contributed by atoms with E-state index >= 15 is 0 Å². The van der Waals surface area contributed by atoms with Gasteiger partial charge in [0.25, 0.3) is 5.91 Å². The van der Waals surface area contributed by atoms with Crippen LogP contribution in [-0.4, -0.2) is 38.4 Å². The molecule has 0 aliphatic carbocycles. The Hall–Kier alpha value is -2.89. The molecule has 0 aromatic heterocycles. The fourth-order valence-electron chi connectivity index (χ4n) is 3.25. The smallest absolute Gasteiger partial charge is 0.258 e. The number of amides is 1. The van der Waals surface area contributed by atoms with Crippen molar-refractivity contribution in [1.82, 2.24) is 0 Å². The van der Waals surface area contributed by atoms with E-state index in [2.05, 4.69) is 0 Å². The fraction of sp³-hybridized carbons (Fsp3) is 0.409. The molecular weight excluding hydrogens is 358 g/mol. The maximum atomic E-state index is 13.4. The number of hydrogen-bond donors (Lipinski definition) is 0. The molecule has 0 radical (unpaired) electrons. The van der Waals surface area contributed by atoms with Gasteiger partial charge in [0.1, 0.15) is 11.9 Å². The molecule has 0 bridgehead atoms. The predicted molar refractivity (Wildman–Crippen MR) is 108 cm³/mol. The minimum absolute atomic E-state index is 0.0979. The molecular formula is C22H27NO5. The molecule has 1 heterocycles. The molecule has 1 amide bonds. The Morgan fingerprint density at radius 3 is 2.25 bits per heavy atom. The van der Waals surface area contributed by atoms with E-state index in [1.54, 1.807) is 17.0 Å². The van der Waals surface area contributed by atoms with Crippen LogP contribution in [0, 0.1) is 0 Å². The average Bonchev–Trinajstić information content (AvgIpc) is 2.69. The van der Waals surface area contributed by atoms with Gasteiger partial charge in [-0.15, -0.1) is 0 Å². The summed E-state index contributed by atoms with van der Waals surface area (Å²) in [7, 11) is 0. The second kappa shape index (κ2) is 8.87. The largest absolute Gasteiger partial charge is 0.490 e. The first-order chi connectivity index (χ1) is 13.6. The Balaban J connectivity index is 2.04. The summed E-state index contributed by atoms with van der Waals surface area (Å²) in [4.78, 5) is 15.1. The van der Waals surface area contributed by atoms with Crippen LogP contribution in [0.4, 0.5) is 5.69 Å². The highest BCUT2D eigenvalue weighted by molar-refractivity contribution is 6.08. The van der Waals surface area contributed by atoms with Crippen molar-refractivity contribution in [1.29, 1.82) is 0 Å². The molecule has 0 fully saturated rings. The number of para-hydroxylation sites is 2. The number of benzene rings is 2. The summed E-state index contributed by atoms with van der Waals surface area (Å²) in [5, 5.41) is 0. The summed E-state index contributed by atoms with van der Waals surface area (Å²) >= 11 is 0. The van der Waals surface area contributed by atoms with Gasteiger partial charge in [0.15, 0.2) is 11.5 Å². The first-order valence-electron chi connectivity index (χ1n) is 9.72. The van der Waals surface area contributed by atoms with Crippen LogP contribution in [0.25, 0.3) is 0 Å². The maximum Gasteiger partial charge on any atom is 0.258 e. The van der Waals surface area contributed by atoms with Gasteiger partial charge in [-0.05, 0) is 52.0 Å². The van der Waals surface area contributed by atoms with Crippen LogP contribution >= 0.6 is 0 Å². The molecule has 2 aromatic rings. The molecule has 2 aromatic carbocycles. The van der Waals surface area contributed by atoms with Gasteiger partial charge in [-0.2, -0.15) is 0 Å².